The number of aliphatic carboxylic acids is 1. The molecule has 0 saturated carbocycles. The molecule has 0 amide bonds. The lowest BCUT2D eigenvalue weighted by molar-refractivity contribution is -0.136. The first-order valence-electron chi connectivity index (χ1n) is 8.40. The maximum Gasteiger partial charge on any atom is 0.303 e. The lowest BCUT2D eigenvalue weighted by Crippen LogP contribution is -2.18. The molecular weight excluding hydrogens is 390 g/mol. The van der Waals surface area contributed by atoms with Crippen LogP contribution in [-0.2, 0) is 26.0 Å². The van der Waals surface area contributed by atoms with Gasteiger partial charge in [0.1, 0.15) is 0 Å². The highest BCUT2D eigenvalue weighted by Crippen LogP contribution is 2.39. The van der Waals surface area contributed by atoms with E-state index in [0.717, 1.165) is 5.57 Å². The van der Waals surface area contributed by atoms with Gasteiger partial charge < -0.3 is 9.84 Å². The van der Waals surface area contributed by atoms with Crippen molar-refractivity contribution in [2.45, 2.75) is 25.7 Å². The minimum atomic E-state index is -3.87. The lowest BCUT2D eigenvalue weighted by Gasteiger charge is -2.14. The number of aryl methyl sites for hydroxylation is 1. The van der Waals surface area contributed by atoms with E-state index in [4.69, 9.17) is 21.4 Å². The molecular formula is C19H16ClNO5S. The molecule has 4 rings (SSSR count). The van der Waals surface area contributed by atoms with E-state index < -0.39 is 16.0 Å². The second kappa shape index (κ2) is 6.58. The van der Waals surface area contributed by atoms with Crippen LogP contribution in [0.25, 0.3) is 10.9 Å². The summed E-state index contributed by atoms with van der Waals surface area (Å²) in [6.07, 6.45) is 5.59. The molecule has 27 heavy (non-hydrogen) atoms. The van der Waals surface area contributed by atoms with Gasteiger partial charge in [0.05, 0.1) is 29.4 Å². The van der Waals surface area contributed by atoms with E-state index in [1.54, 1.807) is 36.6 Å². The molecule has 2 aliphatic rings. The number of halogens is 1. The van der Waals surface area contributed by atoms with Crippen LogP contribution < -0.4 is 0 Å². The van der Waals surface area contributed by atoms with Crippen LogP contribution in [-0.4, -0.2) is 23.5 Å². The van der Waals surface area contributed by atoms with Crippen molar-refractivity contribution in [2.24, 2.45) is 0 Å². The predicted molar refractivity (Wildman–Crippen MR) is 102 cm³/mol. The fraction of sp³-hybridized carbons (Fsp3) is 0.211. The zero-order chi connectivity index (χ0) is 19.2. The molecule has 2 heterocycles. The Morgan fingerprint density at radius 1 is 1.26 bits per heavy atom. The quantitative estimate of drug-likeness (QED) is 0.813. The summed E-state index contributed by atoms with van der Waals surface area (Å²) in [5.41, 5.74) is 2.42. The van der Waals surface area contributed by atoms with Crippen LogP contribution in [0.2, 0.25) is 5.02 Å². The Balaban J connectivity index is 1.92. The Labute approximate surface area is 161 Å². The molecule has 0 atom stereocenters. The van der Waals surface area contributed by atoms with E-state index in [1.807, 2.05) is 0 Å². The van der Waals surface area contributed by atoms with Crippen molar-refractivity contribution < 1.29 is 23.1 Å². The smallest absolute Gasteiger partial charge is 0.303 e. The first kappa shape index (κ1) is 17.9. The molecule has 1 aromatic carbocycles. The van der Waals surface area contributed by atoms with E-state index >= 15 is 0 Å². The average Bonchev–Trinajstić information content (AvgIpc) is 3.21. The van der Waals surface area contributed by atoms with Crippen LogP contribution >= 0.6 is 11.6 Å². The van der Waals surface area contributed by atoms with Crippen LogP contribution in [0.4, 0.5) is 0 Å². The molecule has 1 N–H and O–H groups in total. The number of fused-ring (bicyclic) bond motifs is 2. The van der Waals surface area contributed by atoms with Gasteiger partial charge in [-0.3, -0.25) is 4.79 Å². The minimum absolute atomic E-state index is 0.102. The normalized spacial score (nSPS) is 16.4. The number of aromatic nitrogens is 1. The Morgan fingerprint density at radius 2 is 2.07 bits per heavy atom. The summed E-state index contributed by atoms with van der Waals surface area (Å²) in [7, 11) is -3.87. The van der Waals surface area contributed by atoms with Gasteiger partial charge in [-0.25, -0.2) is 12.4 Å². The zero-order valence-electron chi connectivity index (χ0n) is 14.2. The summed E-state index contributed by atoms with van der Waals surface area (Å²) < 4.78 is 33.5. The zero-order valence-corrected chi connectivity index (χ0v) is 15.8. The molecule has 6 nitrogen and oxygen atoms in total. The van der Waals surface area contributed by atoms with Crippen molar-refractivity contribution in [2.75, 3.05) is 0 Å². The van der Waals surface area contributed by atoms with Gasteiger partial charge in [-0.15, -0.1) is 0 Å². The molecule has 0 unspecified atom stereocenters. The highest BCUT2D eigenvalue weighted by Gasteiger charge is 2.33. The van der Waals surface area contributed by atoms with Crippen molar-refractivity contribution in [3.8, 4) is 0 Å². The van der Waals surface area contributed by atoms with E-state index in [1.165, 1.54) is 10.2 Å². The van der Waals surface area contributed by atoms with Crippen molar-refractivity contribution in [1.82, 2.24) is 3.97 Å². The van der Waals surface area contributed by atoms with Crippen molar-refractivity contribution >= 4 is 38.5 Å². The largest absolute Gasteiger partial charge is 0.481 e. The fourth-order valence-electron chi connectivity index (χ4n) is 3.54. The van der Waals surface area contributed by atoms with Crippen molar-refractivity contribution in [3.63, 3.8) is 0 Å². The molecule has 1 aliphatic heterocycles. The van der Waals surface area contributed by atoms with Crippen LogP contribution in [0.1, 0.15) is 25.0 Å². The summed E-state index contributed by atoms with van der Waals surface area (Å²) in [4.78, 5) is 11.3. The highest BCUT2D eigenvalue weighted by molar-refractivity contribution is 7.94. The van der Waals surface area contributed by atoms with Gasteiger partial charge in [0, 0.05) is 21.7 Å². The number of benzene rings is 1. The number of ether oxygens (including phenoxy) is 1. The average molecular weight is 406 g/mol. The maximum atomic E-state index is 13.5. The Hall–Kier alpha value is -2.51. The molecule has 1 aromatic heterocycles. The van der Waals surface area contributed by atoms with E-state index in [2.05, 4.69) is 0 Å². The van der Waals surface area contributed by atoms with Gasteiger partial charge in [-0.05, 0) is 55.2 Å². The van der Waals surface area contributed by atoms with Crippen molar-refractivity contribution in [1.29, 1.82) is 0 Å². The van der Waals surface area contributed by atoms with Crippen LogP contribution in [0.15, 0.2) is 58.9 Å². The Kier molecular flexibility index (Phi) is 4.36. The van der Waals surface area contributed by atoms with Gasteiger partial charge in [0.15, 0.2) is 0 Å². The van der Waals surface area contributed by atoms with E-state index in [-0.39, 0.29) is 12.8 Å². The first-order valence-corrected chi connectivity index (χ1v) is 10.2. The third-order valence-electron chi connectivity index (χ3n) is 4.73. The summed E-state index contributed by atoms with van der Waals surface area (Å²) >= 11 is 6.05. The predicted octanol–water partition coefficient (Wildman–Crippen LogP) is 3.97. The third-order valence-corrected chi connectivity index (χ3v) is 6.92. The second-order valence-electron chi connectivity index (χ2n) is 6.42. The summed E-state index contributed by atoms with van der Waals surface area (Å²) in [5.74, 6) is -0.984. The summed E-state index contributed by atoms with van der Waals surface area (Å²) in [6, 6.07) is 6.65. The molecule has 0 bridgehead atoms. The second-order valence-corrected chi connectivity index (χ2v) is 8.67. The van der Waals surface area contributed by atoms with Crippen LogP contribution in [0.5, 0.6) is 0 Å². The van der Waals surface area contributed by atoms with E-state index in [0.29, 0.717) is 44.9 Å². The van der Waals surface area contributed by atoms with Gasteiger partial charge in [0.25, 0.3) is 10.0 Å². The molecule has 0 radical (unpaired) electrons. The molecule has 140 valence electrons. The van der Waals surface area contributed by atoms with E-state index in [9.17, 15) is 13.2 Å². The number of hydrogen-bond acceptors (Lipinski definition) is 4. The standard InChI is InChI=1S/C19H16ClNO5S/c20-14-2-4-17-13(9-14)10-15(3-6-19(22)23)21(17)27(24,25)18-5-1-12-11-26-8-7-16(12)18/h2,4,7-11H,1,3,5-6H2,(H,22,23). The molecule has 8 heteroatoms. The van der Waals surface area contributed by atoms with Gasteiger partial charge >= 0.3 is 5.97 Å². The van der Waals surface area contributed by atoms with Crippen molar-refractivity contribution in [3.05, 3.63) is 69.6 Å². The van der Waals surface area contributed by atoms with Gasteiger partial charge in [-0.2, -0.15) is 0 Å². The SMILES string of the molecule is O=C(O)CCc1cc2cc(Cl)ccc2n1S(=O)(=O)C1=C2C=COC=C2CC1. The highest BCUT2D eigenvalue weighted by atomic mass is 35.5. The number of rotatable bonds is 5. The molecule has 0 spiro atoms. The number of hydrogen-bond donors (Lipinski definition) is 1. The third kappa shape index (κ3) is 3.07. The minimum Gasteiger partial charge on any atom is -0.481 e. The Bertz CT molecular complexity index is 1150. The lowest BCUT2D eigenvalue weighted by atomic mass is 10.1. The number of allylic oxidation sites excluding steroid dienone is 4. The number of carboxylic acid groups (broad SMARTS) is 1. The topological polar surface area (TPSA) is 85.6 Å². The molecule has 0 fully saturated rings. The van der Waals surface area contributed by atoms with Gasteiger partial charge in [0.2, 0.25) is 0 Å². The first-order chi connectivity index (χ1) is 12.9. The van der Waals surface area contributed by atoms with Crippen LogP contribution in [0.3, 0.4) is 0 Å². The monoisotopic (exact) mass is 405 g/mol. The number of carboxylic acids is 1. The molecule has 0 saturated heterocycles. The molecule has 2 aromatic rings. The van der Waals surface area contributed by atoms with Crippen LogP contribution in [0, 0.1) is 0 Å². The summed E-state index contributed by atoms with van der Waals surface area (Å²) in [5, 5.41) is 10.2. The number of carbonyl (C=O) groups is 1. The maximum absolute atomic E-state index is 13.5. The fourth-order valence-corrected chi connectivity index (χ4v) is 5.65. The van der Waals surface area contributed by atoms with Gasteiger partial charge in [-0.1, -0.05) is 11.6 Å². The molecule has 1 aliphatic carbocycles. The number of nitrogens with zero attached hydrogens (tertiary/aromatic N) is 1. The Morgan fingerprint density at radius 3 is 2.85 bits per heavy atom. The summed E-state index contributed by atoms with van der Waals surface area (Å²) in [6.45, 7) is 0.